The van der Waals surface area contributed by atoms with Gasteiger partial charge in [-0.3, -0.25) is 10.0 Å². The van der Waals surface area contributed by atoms with Crippen molar-refractivity contribution in [1.29, 1.82) is 0 Å². The molecule has 0 spiro atoms. The number of aryl methyl sites for hydroxylation is 1. The van der Waals surface area contributed by atoms with Crippen molar-refractivity contribution in [2.75, 3.05) is 6.54 Å². The van der Waals surface area contributed by atoms with Crippen molar-refractivity contribution in [2.24, 2.45) is 5.73 Å². The van der Waals surface area contributed by atoms with Gasteiger partial charge in [-0.1, -0.05) is 31.2 Å². The van der Waals surface area contributed by atoms with Crippen LogP contribution in [0, 0.1) is 0 Å². The zero-order chi connectivity index (χ0) is 17.0. The lowest BCUT2D eigenvalue weighted by Crippen LogP contribution is -2.40. The third-order valence-corrected chi connectivity index (χ3v) is 5.99. The van der Waals surface area contributed by atoms with E-state index in [1.165, 1.54) is 21.8 Å². The smallest absolute Gasteiger partial charge is 0.345 e. The van der Waals surface area contributed by atoms with Crippen molar-refractivity contribution in [3.63, 3.8) is 0 Å². The van der Waals surface area contributed by atoms with Crippen molar-refractivity contribution in [1.82, 2.24) is 9.96 Å². The van der Waals surface area contributed by atoms with Gasteiger partial charge in [-0.2, -0.15) is 5.06 Å². The monoisotopic (exact) mass is 343 g/mol. The average molecular weight is 343 g/mol. The van der Waals surface area contributed by atoms with Crippen molar-refractivity contribution in [3.05, 3.63) is 46.3 Å². The topological polar surface area (TPSA) is 86.9 Å². The fourth-order valence-corrected chi connectivity index (χ4v) is 4.97. The number of rotatable bonds is 3. The normalized spacial score (nSPS) is 22.0. The van der Waals surface area contributed by atoms with Crippen LogP contribution in [-0.2, 0) is 11.2 Å². The Morgan fingerprint density at radius 1 is 1.42 bits per heavy atom. The number of thiophene rings is 1. The van der Waals surface area contributed by atoms with E-state index in [2.05, 4.69) is 19.1 Å². The van der Waals surface area contributed by atoms with Crippen LogP contribution in [0.5, 0.6) is 0 Å². The Balaban J connectivity index is 1.88. The number of benzene rings is 1. The molecule has 24 heavy (non-hydrogen) atoms. The van der Waals surface area contributed by atoms with Crippen LogP contribution in [0.15, 0.2) is 30.3 Å². The lowest BCUT2D eigenvalue weighted by molar-refractivity contribution is -0.122. The summed E-state index contributed by atoms with van der Waals surface area (Å²) in [4.78, 5) is 27.2. The molecule has 3 heterocycles. The number of primary amides is 1. The first-order valence-electron chi connectivity index (χ1n) is 7.82. The molecule has 3 N–H and O–H groups in total. The van der Waals surface area contributed by atoms with Crippen molar-refractivity contribution in [2.45, 2.75) is 25.4 Å². The average Bonchev–Trinajstić information content (AvgIpc) is 3.12. The number of amides is 3. The third-order valence-electron chi connectivity index (χ3n) is 4.75. The zero-order valence-electron chi connectivity index (χ0n) is 13.1. The van der Waals surface area contributed by atoms with E-state index in [4.69, 9.17) is 5.73 Å². The molecule has 7 heteroatoms. The molecule has 0 aliphatic carbocycles. The lowest BCUT2D eigenvalue weighted by Gasteiger charge is -2.27. The first-order chi connectivity index (χ1) is 11.5. The molecule has 1 aromatic heterocycles. The summed E-state index contributed by atoms with van der Waals surface area (Å²) in [5.41, 5.74) is 8.70. The van der Waals surface area contributed by atoms with Gasteiger partial charge in [0.2, 0.25) is 5.91 Å². The van der Waals surface area contributed by atoms with Crippen LogP contribution < -0.4 is 5.73 Å². The zero-order valence-corrected chi connectivity index (χ0v) is 13.9. The number of hydrogen-bond donors (Lipinski definition) is 2. The molecule has 124 valence electrons. The van der Waals surface area contributed by atoms with Crippen LogP contribution in [0.3, 0.4) is 0 Å². The maximum absolute atomic E-state index is 12.1. The Morgan fingerprint density at radius 2 is 2.17 bits per heavy atom. The van der Waals surface area contributed by atoms with E-state index in [0.29, 0.717) is 5.06 Å². The van der Waals surface area contributed by atoms with Gasteiger partial charge in [0.1, 0.15) is 12.1 Å². The number of nitrogens with two attached hydrogens (primary N) is 1. The fourth-order valence-electron chi connectivity index (χ4n) is 3.57. The van der Waals surface area contributed by atoms with Gasteiger partial charge in [0, 0.05) is 9.75 Å². The molecule has 2 aromatic rings. The predicted octanol–water partition coefficient (Wildman–Crippen LogP) is 2.69. The maximum atomic E-state index is 12.1. The van der Waals surface area contributed by atoms with Gasteiger partial charge in [-0.05, 0) is 29.2 Å². The summed E-state index contributed by atoms with van der Waals surface area (Å²) < 4.78 is 0. The first kappa shape index (κ1) is 15.2. The van der Waals surface area contributed by atoms with Crippen LogP contribution in [-0.4, -0.2) is 33.7 Å². The minimum atomic E-state index is -0.812. The summed E-state index contributed by atoms with van der Waals surface area (Å²) in [6, 6.07) is 8.28. The molecule has 0 saturated carbocycles. The standard InChI is InChI=1S/C17H17N3O3S/c1-2-9-5-3-4-6-10(9)13-7-11-12-8-19(17(22)20(12)23)14(16(18)21)15(11)24-13/h3-7,12,14,23H,2,8H2,1H3,(H2,18,21)/t12-,14-/m0/s1. The van der Waals surface area contributed by atoms with E-state index < -0.39 is 24.0 Å². The highest BCUT2D eigenvalue weighted by molar-refractivity contribution is 7.16. The first-order valence-corrected chi connectivity index (χ1v) is 8.64. The van der Waals surface area contributed by atoms with Gasteiger partial charge < -0.3 is 10.6 Å². The molecular weight excluding hydrogens is 326 g/mol. The molecule has 2 aliphatic rings. The number of urea groups is 1. The Labute approximate surface area is 143 Å². The quantitative estimate of drug-likeness (QED) is 0.840. The lowest BCUT2D eigenvalue weighted by atomic mass is 9.97. The van der Waals surface area contributed by atoms with Crippen molar-refractivity contribution < 1.29 is 14.8 Å². The molecule has 0 unspecified atom stereocenters. The van der Waals surface area contributed by atoms with Crippen molar-refractivity contribution >= 4 is 23.3 Å². The molecule has 1 saturated heterocycles. The van der Waals surface area contributed by atoms with E-state index in [1.807, 2.05) is 18.2 Å². The van der Waals surface area contributed by atoms with Gasteiger partial charge in [0.15, 0.2) is 0 Å². The van der Waals surface area contributed by atoms with E-state index in [0.717, 1.165) is 27.3 Å². The van der Waals surface area contributed by atoms with Crippen LogP contribution in [0.4, 0.5) is 4.79 Å². The Hall–Kier alpha value is -2.38. The van der Waals surface area contributed by atoms with Crippen LogP contribution in [0.1, 0.15) is 35.0 Å². The molecule has 3 amide bonds. The summed E-state index contributed by atoms with van der Waals surface area (Å²) in [5, 5.41) is 10.8. The summed E-state index contributed by atoms with van der Waals surface area (Å²) in [5.74, 6) is -0.574. The Kier molecular flexibility index (Phi) is 3.36. The highest BCUT2D eigenvalue weighted by Crippen LogP contribution is 2.48. The molecule has 1 fully saturated rings. The predicted molar refractivity (Wildman–Crippen MR) is 89.5 cm³/mol. The molecule has 2 bridgehead atoms. The Bertz CT molecular complexity index is 847. The molecule has 0 radical (unpaired) electrons. The second-order valence-corrected chi connectivity index (χ2v) is 7.12. The minimum absolute atomic E-state index is 0.279. The van der Waals surface area contributed by atoms with Gasteiger partial charge in [0.25, 0.3) is 0 Å². The number of nitrogens with zero attached hydrogens (tertiary/aromatic N) is 2. The minimum Gasteiger partial charge on any atom is -0.368 e. The molecule has 6 nitrogen and oxygen atoms in total. The second kappa shape index (κ2) is 5.32. The fraction of sp³-hybridized carbons (Fsp3) is 0.294. The number of carbonyl (C=O) groups excluding carboxylic acids is 2. The van der Waals surface area contributed by atoms with Gasteiger partial charge in [0.05, 0.1) is 6.54 Å². The number of fused-ring (bicyclic) bond motifs is 4. The van der Waals surface area contributed by atoms with E-state index in [1.54, 1.807) is 0 Å². The van der Waals surface area contributed by atoms with E-state index in [-0.39, 0.29) is 6.54 Å². The third kappa shape index (κ3) is 1.98. The molecule has 4 rings (SSSR count). The number of hydroxylamine groups is 2. The van der Waals surface area contributed by atoms with Gasteiger partial charge in [-0.25, -0.2) is 4.79 Å². The summed E-state index contributed by atoms with van der Waals surface area (Å²) >= 11 is 1.47. The van der Waals surface area contributed by atoms with E-state index in [9.17, 15) is 14.8 Å². The molecule has 2 atom stereocenters. The summed E-state index contributed by atoms with van der Waals surface area (Å²) in [6.45, 7) is 2.38. The summed E-state index contributed by atoms with van der Waals surface area (Å²) in [6.07, 6.45) is 0.901. The van der Waals surface area contributed by atoms with Crippen LogP contribution in [0.25, 0.3) is 10.4 Å². The van der Waals surface area contributed by atoms with Crippen molar-refractivity contribution in [3.8, 4) is 10.4 Å². The summed E-state index contributed by atoms with van der Waals surface area (Å²) in [7, 11) is 0. The molecular formula is C17H17N3O3S. The molecule has 2 aliphatic heterocycles. The second-order valence-electron chi connectivity index (χ2n) is 6.04. The number of carbonyl (C=O) groups is 2. The van der Waals surface area contributed by atoms with Crippen LogP contribution in [0.2, 0.25) is 0 Å². The van der Waals surface area contributed by atoms with E-state index >= 15 is 0 Å². The van der Waals surface area contributed by atoms with Crippen LogP contribution >= 0.6 is 11.3 Å². The van der Waals surface area contributed by atoms with Gasteiger partial charge in [-0.15, -0.1) is 11.3 Å². The molecule has 1 aromatic carbocycles. The highest BCUT2D eigenvalue weighted by Gasteiger charge is 2.50. The largest absolute Gasteiger partial charge is 0.368 e. The highest BCUT2D eigenvalue weighted by atomic mass is 32.1. The number of hydrogen-bond acceptors (Lipinski definition) is 4. The maximum Gasteiger partial charge on any atom is 0.345 e. The van der Waals surface area contributed by atoms with Gasteiger partial charge >= 0.3 is 6.03 Å². The Morgan fingerprint density at radius 3 is 2.88 bits per heavy atom. The SMILES string of the molecule is CCc1ccccc1-c1cc2c(s1)[C@@H](C(N)=O)N1C[C@@H]2N(O)C1=O.